The van der Waals surface area contributed by atoms with E-state index < -0.39 is 11.8 Å². The first-order valence-corrected chi connectivity index (χ1v) is 6.83. The number of hydrogen-bond acceptors (Lipinski definition) is 4. The molecule has 22 heavy (non-hydrogen) atoms. The second-order valence-corrected chi connectivity index (χ2v) is 5.50. The van der Waals surface area contributed by atoms with E-state index in [1.54, 1.807) is 24.4 Å². The summed E-state index contributed by atoms with van der Waals surface area (Å²) in [6, 6.07) is 10.6. The van der Waals surface area contributed by atoms with Gasteiger partial charge in [-0.15, -0.1) is 0 Å². The number of nitrogens with zero attached hydrogens (tertiary/aromatic N) is 1. The van der Waals surface area contributed by atoms with E-state index in [0.717, 1.165) is 16.8 Å². The maximum atomic E-state index is 10.7. The normalized spacial score (nSPS) is 15.3. The Balaban J connectivity index is 2.13. The zero-order valence-corrected chi connectivity index (χ0v) is 12.2. The Kier molecular flexibility index (Phi) is 3.33. The maximum absolute atomic E-state index is 10.7. The first-order chi connectivity index (χ1) is 10.4. The van der Waals surface area contributed by atoms with Crippen LogP contribution in [0.15, 0.2) is 48.7 Å². The van der Waals surface area contributed by atoms with Crippen molar-refractivity contribution in [3.63, 3.8) is 0 Å². The van der Waals surface area contributed by atoms with Gasteiger partial charge in [-0.25, -0.2) is 4.79 Å². The number of hydrogen-bond donors (Lipinski definition) is 1. The lowest BCUT2D eigenvalue weighted by Gasteiger charge is -2.31. The Bertz CT molecular complexity index is 751. The molecular weight excluding hydrogens is 282 g/mol. The third-order valence-electron chi connectivity index (χ3n) is 3.25. The molecule has 1 N–H and O–H groups in total. The second-order valence-electron chi connectivity index (χ2n) is 5.50. The Morgan fingerprint density at radius 1 is 1.27 bits per heavy atom. The molecule has 0 radical (unpaired) electrons. The van der Waals surface area contributed by atoms with Crippen molar-refractivity contribution in [2.75, 3.05) is 0 Å². The summed E-state index contributed by atoms with van der Waals surface area (Å²) in [5.74, 6) is 0.919. The summed E-state index contributed by atoms with van der Waals surface area (Å²) in [7, 11) is 0. The Hall–Kier alpha value is -2.82. The van der Waals surface area contributed by atoms with Crippen molar-refractivity contribution in [2.45, 2.75) is 19.4 Å². The minimum atomic E-state index is -1.35. The lowest BCUT2D eigenvalue weighted by Crippen LogP contribution is -2.29. The molecule has 1 aliphatic heterocycles. The molecule has 0 saturated heterocycles. The van der Waals surface area contributed by atoms with Gasteiger partial charge in [-0.3, -0.25) is 4.98 Å². The third-order valence-corrected chi connectivity index (χ3v) is 3.25. The van der Waals surface area contributed by atoms with Crippen LogP contribution < -0.4 is 9.47 Å². The minimum Gasteiger partial charge on any atom is -0.483 e. The Morgan fingerprint density at radius 3 is 2.77 bits per heavy atom. The van der Waals surface area contributed by atoms with Crippen molar-refractivity contribution in [2.24, 2.45) is 0 Å². The van der Waals surface area contributed by atoms with Gasteiger partial charge in [0, 0.05) is 17.3 Å². The lowest BCUT2D eigenvalue weighted by atomic mass is 9.92. The van der Waals surface area contributed by atoms with Gasteiger partial charge < -0.3 is 14.6 Å². The number of pyridine rings is 1. The fourth-order valence-electron chi connectivity index (χ4n) is 2.45. The fraction of sp³-hybridized carbons (Fsp3) is 0.176. The summed E-state index contributed by atoms with van der Waals surface area (Å²) in [5.41, 5.74) is 1.97. The molecule has 0 saturated carbocycles. The molecule has 0 unspecified atom stereocenters. The number of carbonyl (C=O) groups is 1. The monoisotopic (exact) mass is 297 g/mol. The predicted octanol–water partition coefficient (Wildman–Crippen LogP) is 3.74. The molecule has 2 heterocycles. The van der Waals surface area contributed by atoms with Crippen LogP contribution in [0.1, 0.15) is 25.1 Å². The largest absolute Gasteiger partial charge is 0.511 e. The highest BCUT2D eigenvalue weighted by molar-refractivity contribution is 5.84. The van der Waals surface area contributed by atoms with E-state index in [1.165, 1.54) is 0 Å². The first kappa shape index (κ1) is 14.1. The highest BCUT2D eigenvalue weighted by Gasteiger charge is 2.28. The highest BCUT2D eigenvalue weighted by Crippen LogP contribution is 2.40. The zero-order chi connectivity index (χ0) is 15.7. The van der Waals surface area contributed by atoms with E-state index in [9.17, 15) is 4.79 Å². The molecule has 1 aromatic carbocycles. The minimum absolute atomic E-state index is 0.247. The summed E-state index contributed by atoms with van der Waals surface area (Å²) >= 11 is 0. The number of ether oxygens (including phenoxy) is 2. The van der Waals surface area contributed by atoms with Gasteiger partial charge in [0.2, 0.25) is 0 Å². The van der Waals surface area contributed by atoms with Crippen LogP contribution in [0, 0.1) is 0 Å². The van der Waals surface area contributed by atoms with Crippen LogP contribution in [0.4, 0.5) is 4.79 Å². The third kappa shape index (κ3) is 2.79. The van der Waals surface area contributed by atoms with Gasteiger partial charge in [0.15, 0.2) is 0 Å². The van der Waals surface area contributed by atoms with Gasteiger partial charge in [0.1, 0.15) is 17.1 Å². The van der Waals surface area contributed by atoms with Gasteiger partial charge in [0.05, 0.1) is 5.69 Å². The maximum Gasteiger partial charge on any atom is 0.511 e. The molecule has 0 atom stereocenters. The van der Waals surface area contributed by atoms with Crippen molar-refractivity contribution in [1.29, 1.82) is 0 Å². The standard InChI is InChI=1S/C17H15NO4/c1-17(2)10-13(14-5-3-4-8-18-14)12-9-11(21-16(19)20)6-7-15(12)22-17/h3-10H,1-2H3,(H,19,20). The molecule has 5 nitrogen and oxygen atoms in total. The van der Waals surface area contributed by atoms with Gasteiger partial charge in [-0.1, -0.05) is 6.07 Å². The summed E-state index contributed by atoms with van der Waals surface area (Å²) in [4.78, 5) is 15.1. The van der Waals surface area contributed by atoms with Crippen LogP contribution in [-0.4, -0.2) is 21.8 Å². The second kappa shape index (κ2) is 5.18. The van der Waals surface area contributed by atoms with E-state index in [0.29, 0.717) is 5.75 Å². The molecule has 0 fully saturated rings. The highest BCUT2D eigenvalue weighted by atomic mass is 16.7. The molecule has 0 amide bonds. The van der Waals surface area contributed by atoms with Crippen LogP contribution >= 0.6 is 0 Å². The molecule has 5 heteroatoms. The Morgan fingerprint density at radius 2 is 2.09 bits per heavy atom. The number of benzene rings is 1. The molecule has 3 rings (SSSR count). The molecular formula is C17H15NO4. The number of fused-ring (bicyclic) bond motifs is 1. The van der Waals surface area contributed by atoms with Crippen LogP contribution in [0.3, 0.4) is 0 Å². The zero-order valence-electron chi connectivity index (χ0n) is 12.2. The molecule has 1 aromatic heterocycles. The number of carboxylic acid groups (broad SMARTS) is 1. The lowest BCUT2D eigenvalue weighted by molar-refractivity contribution is 0.143. The van der Waals surface area contributed by atoms with Gasteiger partial charge in [0.25, 0.3) is 0 Å². The van der Waals surface area contributed by atoms with Crippen molar-refractivity contribution in [3.05, 3.63) is 59.9 Å². The van der Waals surface area contributed by atoms with Crippen molar-refractivity contribution in [1.82, 2.24) is 4.98 Å². The fourth-order valence-corrected chi connectivity index (χ4v) is 2.45. The topological polar surface area (TPSA) is 68.7 Å². The first-order valence-electron chi connectivity index (χ1n) is 6.83. The van der Waals surface area contributed by atoms with E-state index in [2.05, 4.69) is 4.98 Å². The smallest absolute Gasteiger partial charge is 0.483 e. The van der Waals surface area contributed by atoms with Crippen molar-refractivity contribution >= 4 is 11.7 Å². The van der Waals surface area contributed by atoms with Crippen LogP contribution in [0.5, 0.6) is 11.5 Å². The molecule has 112 valence electrons. The van der Waals surface area contributed by atoms with Gasteiger partial charge in [-0.05, 0) is 50.3 Å². The molecule has 0 aliphatic carbocycles. The average Bonchev–Trinajstić information content (AvgIpc) is 2.46. The van der Waals surface area contributed by atoms with Crippen LogP contribution in [-0.2, 0) is 0 Å². The van der Waals surface area contributed by atoms with E-state index in [-0.39, 0.29) is 5.75 Å². The van der Waals surface area contributed by atoms with E-state index >= 15 is 0 Å². The summed E-state index contributed by atoms with van der Waals surface area (Å²) in [6.45, 7) is 3.92. The summed E-state index contributed by atoms with van der Waals surface area (Å²) in [5, 5.41) is 8.76. The molecule has 0 spiro atoms. The van der Waals surface area contributed by atoms with E-state index in [1.807, 2.05) is 38.1 Å². The average molecular weight is 297 g/mol. The molecule has 2 aromatic rings. The number of rotatable bonds is 2. The van der Waals surface area contributed by atoms with Gasteiger partial charge in [-0.2, -0.15) is 0 Å². The predicted molar refractivity (Wildman–Crippen MR) is 81.1 cm³/mol. The van der Waals surface area contributed by atoms with E-state index in [4.69, 9.17) is 14.6 Å². The number of aromatic nitrogens is 1. The molecule has 0 bridgehead atoms. The van der Waals surface area contributed by atoms with Crippen molar-refractivity contribution < 1.29 is 19.4 Å². The Labute approximate surface area is 127 Å². The van der Waals surface area contributed by atoms with Crippen molar-refractivity contribution in [3.8, 4) is 11.5 Å². The SMILES string of the molecule is CC1(C)C=C(c2ccccn2)c2cc(OC(=O)O)ccc2O1. The van der Waals surface area contributed by atoms with Crippen LogP contribution in [0.25, 0.3) is 5.57 Å². The quantitative estimate of drug-likeness (QED) is 0.675. The molecule has 1 aliphatic rings. The van der Waals surface area contributed by atoms with Crippen LogP contribution in [0.2, 0.25) is 0 Å². The summed E-state index contributed by atoms with van der Waals surface area (Å²) in [6.07, 6.45) is 2.35. The summed E-state index contributed by atoms with van der Waals surface area (Å²) < 4.78 is 10.7. The van der Waals surface area contributed by atoms with Gasteiger partial charge >= 0.3 is 6.16 Å².